The van der Waals surface area contributed by atoms with Gasteiger partial charge in [0.15, 0.2) is 0 Å². The first-order chi connectivity index (χ1) is 13.2. The van der Waals surface area contributed by atoms with Gasteiger partial charge in [-0.05, 0) is 0 Å². The molecule has 2 aromatic carbocycles. The fraction of sp³-hybridized carbons (Fsp3) is 0.538. The number of aryl methyl sites for hydroxylation is 2. The van der Waals surface area contributed by atoms with E-state index in [2.05, 4.69) is 62.4 Å². The van der Waals surface area contributed by atoms with Crippen LogP contribution in [0, 0.1) is 13.8 Å². The van der Waals surface area contributed by atoms with Gasteiger partial charge in [-0.15, -0.1) is 0 Å². The SMILES string of the molecule is Cc1cc[c]([Sn]([c]2ccc(C)cc2)([CH]2CCCCC2)[CH]2CCCCC2)cc1. The monoisotopic (exact) mass is 468 g/mol. The Morgan fingerprint density at radius 1 is 0.519 bits per heavy atom. The van der Waals surface area contributed by atoms with E-state index < -0.39 is 18.4 Å². The van der Waals surface area contributed by atoms with Crippen LogP contribution in [0.5, 0.6) is 0 Å². The second-order valence-corrected chi connectivity index (χ2v) is 22.2. The molecule has 144 valence electrons. The molecule has 0 saturated heterocycles. The van der Waals surface area contributed by atoms with E-state index >= 15 is 0 Å². The van der Waals surface area contributed by atoms with Gasteiger partial charge in [0.1, 0.15) is 0 Å². The maximum absolute atomic E-state index is 2.82. The molecule has 0 unspecified atom stereocenters. The third kappa shape index (κ3) is 3.88. The van der Waals surface area contributed by atoms with Crippen molar-refractivity contribution in [2.45, 2.75) is 85.9 Å². The van der Waals surface area contributed by atoms with Crippen LogP contribution in [0.3, 0.4) is 0 Å². The molecule has 0 N–H and O–H groups in total. The summed E-state index contributed by atoms with van der Waals surface area (Å²) >= 11 is -2.82. The number of hydrogen-bond donors (Lipinski definition) is 0. The summed E-state index contributed by atoms with van der Waals surface area (Å²) in [6.07, 6.45) is 14.8. The van der Waals surface area contributed by atoms with Crippen molar-refractivity contribution in [2.24, 2.45) is 0 Å². The zero-order chi connectivity index (χ0) is 18.7. The first kappa shape index (κ1) is 19.6. The molecule has 2 aliphatic carbocycles. The number of hydrogen-bond acceptors (Lipinski definition) is 0. The van der Waals surface area contributed by atoms with E-state index in [1.165, 1.54) is 75.3 Å². The zero-order valence-corrected chi connectivity index (χ0v) is 20.2. The Labute approximate surface area is 170 Å². The molecule has 0 nitrogen and oxygen atoms in total. The third-order valence-corrected chi connectivity index (χ3v) is 25.6. The third-order valence-electron chi connectivity index (χ3n) is 7.56. The normalized spacial score (nSPS) is 19.9. The molecule has 2 fully saturated rings. The molecule has 0 spiro atoms. The molecule has 0 amide bonds. The van der Waals surface area contributed by atoms with Crippen molar-refractivity contribution >= 4 is 25.5 Å². The van der Waals surface area contributed by atoms with Crippen LogP contribution in [-0.4, -0.2) is 18.4 Å². The van der Waals surface area contributed by atoms with Crippen molar-refractivity contribution < 1.29 is 0 Å². The van der Waals surface area contributed by atoms with Gasteiger partial charge in [0.2, 0.25) is 0 Å². The Hall–Kier alpha value is -0.761. The summed E-state index contributed by atoms with van der Waals surface area (Å²) in [6.45, 7) is 4.49. The van der Waals surface area contributed by atoms with Crippen molar-refractivity contribution in [1.29, 1.82) is 0 Å². The molecule has 0 aliphatic heterocycles. The van der Waals surface area contributed by atoms with Crippen LogP contribution in [0.4, 0.5) is 0 Å². The minimum atomic E-state index is -2.82. The molecule has 0 bridgehead atoms. The quantitative estimate of drug-likeness (QED) is 0.449. The van der Waals surface area contributed by atoms with E-state index in [0.717, 1.165) is 7.87 Å². The standard InChI is InChI=1S/2C7H7.2C6H11.Sn/c2*1-7-5-3-2-4-6-7;2*1-2-4-6-5-3-1;/h2*3-6H,1H3;2*1H,2-6H2;. The predicted octanol–water partition coefficient (Wildman–Crippen LogP) is 6.54. The van der Waals surface area contributed by atoms with E-state index in [0.29, 0.717) is 0 Å². The molecular formula is C26H36Sn. The summed E-state index contributed by atoms with van der Waals surface area (Å²) < 4.78 is 5.61. The summed E-state index contributed by atoms with van der Waals surface area (Å²) in [6, 6.07) is 19.9. The Morgan fingerprint density at radius 2 is 0.852 bits per heavy atom. The summed E-state index contributed by atoms with van der Waals surface area (Å²) in [5.41, 5.74) is 2.82. The van der Waals surface area contributed by atoms with Gasteiger partial charge in [0, 0.05) is 0 Å². The molecule has 1 heteroatoms. The van der Waals surface area contributed by atoms with Crippen molar-refractivity contribution in [2.75, 3.05) is 0 Å². The van der Waals surface area contributed by atoms with Crippen LogP contribution in [0.2, 0.25) is 7.87 Å². The van der Waals surface area contributed by atoms with Gasteiger partial charge in [-0.3, -0.25) is 0 Å². The minimum absolute atomic E-state index is 1.00. The van der Waals surface area contributed by atoms with E-state index in [1.807, 2.05) is 0 Å². The van der Waals surface area contributed by atoms with Gasteiger partial charge < -0.3 is 0 Å². The Balaban J connectivity index is 1.91. The molecule has 27 heavy (non-hydrogen) atoms. The molecule has 2 aliphatic rings. The van der Waals surface area contributed by atoms with E-state index in [4.69, 9.17) is 0 Å². The summed E-state index contributed by atoms with van der Waals surface area (Å²) in [4.78, 5) is 0. The van der Waals surface area contributed by atoms with Gasteiger partial charge in [0.25, 0.3) is 0 Å². The molecule has 0 heterocycles. The van der Waals surface area contributed by atoms with Crippen LogP contribution in [-0.2, 0) is 0 Å². The van der Waals surface area contributed by atoms with Gasteiger partial charge in [-0.2, -0.15) is 0 Å². The Morgan fingerprint density at radius 3 is 1.19 bits per heavy atom. The Bertz CT molecular complexity index is 650. The second kappa shape index (κ2) is 8.72. The zero-order valence-electron chi connectivity index (χ0n) is 17.3. The maximum atomic E-state index is 2.56. The second-order valence-electron chi connectivity index (χ2n) is 9.27. The van der Waals surface area contributed by atoms with E-state index in [-0.39, 0.29) is 0 Å². The molecule has 0 radical (unpaired) electrons. The van der Waals surface area contributed by atoms with Crippen LogP contribution in [0.15, 0.2) is 48.5 Å². The average Bonchev–Trinajstić information content (AvgIpc) is 2.73. The molecule has 2 saturated carbocycles. The van der Waals surface area contributed by atoms with Crippen molar-refractivity contribution in [3.63, 3.8) is 0 Å². The first-order valence-corrected chi connectivity index (χ1v) is 17.5. The summed E-state index contributed by atoms with van der Waals surface area (Å²) in [5.74, 6) is 0. The topological polar surface area (TPSA) is 0 Å². The van der Waals surface area contributed by atoms with Gasteiger partial charge in [0.05, 0.1) is 0 Å². The van der Waals surface area contributed by atoms with Crippen LogP contribution in [0.25, 0.3) is 0 Å². The fourth-order valence-electron chi connectivity index (χ4n) is 6.22. The first-order valence-electron chi connectivity index (χ1n) is 11.4. The number of rotatable bonds is 4. The van der Waals surface area contributed by atoms with Crippen molar-refractivity contribution in [3.05, 3.63) is 59.7 Å². The van der Waals surface area contributed by atoms with Crippen molar-refractivity contribution in [1.82, 2.24) is 0 Å². The fourth-order valence-corrected chi connectivity index (χ4v) is 26.1. The molecular weight excluding hydrogens is 431 g/mol. The predicted molar refractivity (Wildman–Crippen MR) is 121 cm³/mol. The van der Waals surface area contributed by atoms with E-state index in [9.17, 15) is 0 Å². The Kier molecular flexibility index (Phi) is 6.31. The van der Waals surface area contributed by atoms with Crippen molar-refractivity contribution in [3.8, 4) is 0 Å². The molecule has 0 atom stereocenters. The van der Waals surface area contributed by atoms with E-state index in [1.54, 1.807) is 7.16 Å². The number of benzene rings is 2. The van der Waals surface area contributed by atoms with Crippen LogP contribution >= 0.6 is 0 Å². The average molecular weight is 467 g/mol. The van der Waals surface area contributed by atoms with Crippen LogP contribution in [0.1, 0.15) is 75.3 Å². The molecule has 4 rings (SSSR count). The van der Waals surface area contributed by atoms with Gasteiger partial charge >= 0.3 is 171 Å². The summed E-state index contributed by atoms with van der Waals surface area (Å²) in [7, 11) is 0. The summed E-state index contributed by atoms with van der Waals surface area (Å²) in [5, 5.41) is 0. The van der Waals surface area contributed by atoms with Gasteiger partial charge in [-0.1, -0.05) is 0 Å². The molecule has 2 aromatic rings. The van der Waals surface area contributed by atoms with Gasteiger partial charge in [-0.25, -0.2) is 0 Å². The molecule has 0 aromatic heterocycles. The van der Waals surface area contributed by atoms with Crippen LogP contribution < -0.4 is 7.16 Å².